The summed E-state index contributed by atoms with van der Waals surface area (Å²) in [6, 6.07) is 8.67. The molecule has 0 aromatic heterocycles. The van der Waals surface area contributed by atoms with Gasteiger partial charge in [0.2, 0.25) is 0 Å². The normalized spacial score (nSPS) is 11.6. The van der Waals surface area contributed by atoms with Crippen molar-refractivity contribution in [2.24, 2.45) is 0 Å². The summed E-state index contributed by atoms with van der Waals surface area (Å²) in [6.45, 7) is 17.4. The van der Waals surface area contributed by atoms with Crippen molar-refractivity contribution in [2.45, 2.75) is 66.2 Å². The quantitative estimate of drug-likeness (QED) is 0.570. The van der Waals surface area contributed by atoms with Gasteiger partial charge in [-0.25, -0.2) is 0 Å². The molecule has 0 saturated heterocycles. The van der Waals surface area contributed by atoms with Gasteiger partial charge in [0.15, 0.2) is 0 Å². The molecule has 2 rings (SSSR count). The van der Waals surface area contributed by atoms with Crippen LogP contribution in [0, 0.1) is 25.7 Å². The minimum Gasteiger partial charge on any atom is -0.495 e. The molecule has 0 aliphatic heterocycles. The second kappa shape index (κ2) is 7.92. The van der Waals surface area contributed by atoms with E-state index in [0.717, 1.165) is 33.8 Å². The molecule has 2 nitrogen and oxygen atoms in total. The fraction of sp³-hybridized carbons (Fsp3) is 0.462. The van der Waals surface area contributed by atoms with Gasteiger partial charge in [0, 0.05) is 0 Å². The Kier molecular flexibility index (Phi) is 6.19. The molecular formula is C26H34O2. The molecule has 28 heavy (non-hydrogen) atoms. The standard InChI is InChI=1S/C26H34O2/c1-17-13-21(25(3,4)5)15-19(23(17)27-9)11-12-20-16-22(26(6,7)8)14-18(2)24(20)28-10/h13-16H,1-10H3. The third-order valence-electron chi connectivity index (χ3n) is 5.02. The molecule has 2 heteroatoms. The molecule has 0 aliphatic carbocycles. The van der Waals surface area contributed by atoms with Gasteiger partial charge in [-0.2, -0.15) is 0 Å². The molecule has 0 radical (unpaired) electrons. The summed E-state index contributed by atoms with van der Waals surface area (Å²) in [4.78, 5) is 0. The molecule has 0 N–H and O–H groups in total. The van der Waals surface area contributed by atoms with Crippen LogP contribution in [0.4, 0.5) is 0 Å². The SMILES string of the molecule is COc1c(C)cc(C(C)(C)C)cc1C#Cc1cc(C(C)(C)C)cc(C)c1OC. The van der Waals surface area contributed by atoms with Crippen LogP contribution in [-0.4, -0.2) is 14.2 Å². The Bertz CT molecular complexity index is 851. The largest absolute Gasteiger partial charge is 0.495 e. The highest BCUT2D eigenvalue weighted by Crippen LogP contribution is 2.33. The summed E-state index contributed by atoms with van der Waals surface area (Å²) in [5, 5.41) is 0. The van der Waals surface area contributed by atoms with Crippen molar-refractivity contribution in [1.29, 1.82) is 0 Å². The fourth-order valence-electron chi connectivity index (χ4n) is 3.28. The van der Waals surface area contributed by atoms with Gasteiger partial charge in [-0.15, -0.1) is 0 Å². The van der Waals surface area contributed by atoms with Crippen LogP contribution >= 0.6 is 0 Å². The maximum atomic E-state index is 5.66. The first-order chi connectivity index (χ1) is 12.9. The minimum atomic E-state index is 0.0495. The smallest absolute Gasteiger partial charge is 0.137 e. The van der Waals surface area contributed by atoms with E-state index in [2.05, 4.69) is 91.5 Å². The molecular weight excluding hydrogens is 344 g/mol. The lowest BCUT2D eigenvalue weighted by atomic mass is 9.84. The van der Waals surface area contributed by atoms with Gasteiger partial charge in [0.25, 0.3) is 0 Å². The van der Waals surface area contributed by atoms with E-state index in [1.165, 1.54) is 11.1 Å². The van der Waals surface area contributed by atoms with E-state index in [1.807, 2.05) is 0 Å². The number of aryl methyl sites for hydroxylation is 2. The third-order valence-corrected chi connectivity index (χ3v) is 5.02. The molecule has 0 amide bonds. The molecule has 0 atom stereocenters. The van der Waals surface area contributed by atoms with E-state index < -0.39 is 0 Å². The number of benzene rings is 2. The zero-order valence-corrected chi connectivity index (χ0v) is 19.1. The highest BCUT2D eigenvalue weighted by atomic mass is 16.5. The molecule has 0 bridgehead atoms. The molecule has 0 spiro atoms. The van der Waals surface area contributed by atoms with Crippen molar-refractivity contribution >= 4 is 0 Å². The highest BCUT2D eigenvalue weighted by Gasteiger charge is 2.19. The summed E-state index contributed by atoms with van der Waals surface area (Å²) >= 11 is 0. The minimum absolute atomic E-state index is 0.0495. The summed E-state index contributed by atoms with van der Waals surface area (Å²) in [7, 11) is 3.41. The number of hydrogen-bond donors (Lipinski definition) is 0. The lowest BCUT2D eigenvalue weighted by molar-refractivity contribution is 0.409. The third kappa shape index (κ3) is 4.71. The molecule has 0 fully saturated rings. The maximum absolute atomic E-state index is 5.66. The first-order valence-corrected chi connectivity index (χ1v) is 9.78. The van der Waals surface area contributed by atoms with Gasteiger partial charge in [0.1, 0.15) is 11.5 Å². The average molecular weight is 379 g/mol. The average Bonchev–Trinajstić information content (AvgIpc) is 2.57. The van der Waals surface area contributed by atoms with Gasteiger partial charge in [-0.3, -0.25) is 0 Å². The van der Waals surface area contributed by atoms with Crippen LogP contribution < -0.4 is 9.47 Å². The van der Waals surface area contributed by atoms with E-state index in [-0.39, 0.29) is 10.8 Å². The van der Waals surface area contributed by atoms with Crippen LogP contribution in [0.5, 0.6) is 11.5 Å². The van der Waals surface area contributed by atoms with Crippen LogP contribution in [0.3, 0.4) is 0 Å². The molecule has 0 aliphatic rings. The predicted molar refractivity (Wildman–Crippen MR) is 119 cm³/mol. The highest BCUT2D eigenvalue weighted by molar-refractivity contribution is 5.59. The van der Waals surface area contributed by atoms with E-state index in [0.29, 0.717) is 0 Å². The zero-order chi connectivity index (χ0) is 21.3. The van der Waals surface area contributed by atoms with Crippen molar-refractivity contribution < 1.29 is 9.47 Å². The summed E-state index contributed by atoms with van der Waals surface area (Å²) in [6.07, 6.45) is 0. The monoisotopic (exact) mass is 378 g/mol. The Morgan fingerprint density at radius 3 is 1.18 bits per heavy atom. The van der Waals surface area contributed by atoms with Crippen molar-refractivity contribution in [1.82, 2.24) is 0 Å². The van der Waals surface area contributed by atoms with Crippen molar-refractivity contribution in [3.05, 3.63) is 57.6 Å². The Morgan fingerprint density at radius 1 is 0.607 bits per heavy atom. The van der Waals surface area contributed by atoms with E-state index in [1.54, 1.807) is 14.2 Å². The van der Waals surface area contributed by atoms with Crippen molar-refractivity contribution in [3.8, 4) is 23.3 Å². The predicted octanol–water partition coefficient (Wildman–Crippen LogP) is 6.32. The molecule has 0 heterocycles. The molecule has 150 valence electrons. The maximum Gasteiger partial charge on any atom is 0.137 e. The van der Waals surface area contributed by atoms with Crippen molar-refractivity contribution in [3.63, 3.8) is 0 Å². The fourth-order valence-corrected chi connectivity index (χ4v) is 3.28. The van der Waals surface area contributed by atoms with Crippen LogP contribution in [-0.2, 0) is 10.8 Å². The molecule has 2 aromatic rings. The molecule has 0 unspecified atom stereocenters. The van der Waals surface area contributed by atoms with Crippen LogP contribution in [0.2, 0.25) is 0 Å². The lowest BCUT2D eigenvalue weighted by Gasteiger charge is -2.22. The van der Waals surface area contributed by atoms with Crippen molar-refractivity contribution in [2.75, 3.05) is 14.2 Å². The van der Waals surface area contributed by atoms with Gasteiger partial charge < -0.3 is 9.47 Å². The molecule has 2 aromatic carbocycles. The number of ether oxygens (including phenoxy) is 2. The Balaban J connectivity index is 2.68. The number of methoxy groups -OCH3 is 2. The Labute approximate surface area is 171 Å². The lowest BCUT2D eigenvalue weighted by Crippen LogP contribution is -2.12. The Hall–Kier alpha value is -2.40. The summed E-state index contributed by atoms with van der Waals surface area (Å²) in [5.41, 5.74) is 6.63. The van der Waals surface area contributed by atoms with Gasteiger partial charge in [0.05, 0.1) is 25.3 Å². The Morgan fingerprint density at radius 2 is 0.929 bits per heavy atom. The number of rotatable bonds is 2. The second-order valence-electron chi connectivity index (χ2n) is 9.50. The first-order valence-electron chi connectivity index (χ1n) is 9.78. The van der Waals surface area contributed by atoms with E-state index >= 15 is 0 Å². The second-order valence-corrected chi connectivity index (χ2v) is 9.50. The molecule has 0 saturated carbocycles. The summed E-state index contributed by atoms with van der Waals surface area (Å²) < 4.78 is 11.3. The van der Waals surface area contributed by atoms with Crippen LogP contribution in [0.25, 0.3) is 0 Å². The zero-order valence-electron chi connectivity index (χ0n) is 19.1. The topological polar surface area (TPSA) is 18.5 Å². The van der Waals surface area contributed by atoms with E-state index in [9.17, 15) is 0 Å². The van der Waals surface area contributed by atoms with Gasteiger partial charge in [-0.1, -0.05) is 65.5 Å². The number of hydrogen-bond acceptors (Lipinski definition) is 2. The van der Waals surface area contributed by atoms with Crippen LogP contribution in [0.1, 0.15) is 74.9 Å². The van der Waals surface area contributed by atoms with Crippen LogP contribution in [0.15, 0.2) is 24.3 Å². The summed E-state index contributed by atoms with van der Waals surface area (Å²) in [5.74, 6) is 8.39. The van der Waals surface area contributed by atoms with E-state index in [4.69, 9.17) is 9.47 Å². The van der Waals surface area contributed by atoms with Gasteiger partial charge >= 0.3 is 0 Å². The van der Waals surface area contributed by atoms with Gasteiger partial charge in [-0.05, 0) is 59.1 Å². The first kappa shape index (κ1) is 21.9.